The third kappa shape index (κ3) is 2.63. The minimum Gasteiger partial charge on any atom is -0.353 e. The minimum atomic E-state index is 0.900. The summed E-state index contributed by atoms with van der Waals surface area (Å²) in [5.41, 5.74) is 0. The Morgan fingerprint density at radius 1 is 1.20 bits per heavy atom. The SMILES string of the molecule is CCc1cc2c(Sc3nnc(N(C)C)s3)ncnc2s1. The van der Waals surface area contributed by atoms with Crippen molar-refractivity contribution in [3.8, 4) is 0 Å². The Balaban J connectivity index is 1.95. The van der Waals surface area contributed by atoms with Crippen molar-refractivity contribution < 1.29 is 0 Å². The summed E-state index contributed by atoms with van der Waals surface area (Å²) in [6.45, 7) is 2.15. The molecule has 104 valence electrons. The van der Waals surface area contributed by atoms with Crippen molar-refractivity contribution in [3.05, 3.63) is 17.3 Å². The van der Waals surface area contributed by atoms with Crippen LogP contribution in [-0.4, -0.2) is 34.3 Å². The number of nitrogens with zero attached hydrogens (tertiary/aromatic N) is 5. The third-order valence-electron chi connectivity index (χ3n) is 2.65. The number of hydrogen-bond donors (Lipinski definition) is 0. The molecule has 3 heterocycles. The second-order valence-electron chi connectivity index (χ2n) is 4.31. The van der Waals surface area contributed by atoms with E-state index in [1.807, 2.05) is 19.0 Å². The molecule has 3 aromatic heterocycles. The van der Waals surface area contributed by atoms with Gasteiger partial charge >= 0.3 is 0 Å². The minimum absolute atomic E-state index is 0.900. The summed E-state index contributed by atoms with van der Waals surface area (Å²) in [5, 5.41) is 11.3. The predicted octanol–water partition coefficient (Wildman–Crippen LogP) is 3.32. The highest BCUT2D eigenvalue weighted by Gasteiger charge is 2.13. The van der Waals surface area contributed by atoms with Crippen molar-refractivity contribution in [1.82, 2.24) is 20.2 Å². The van der Waals surface area contributed by atoms with Gasteiger partial charge in [0.05, 0.1) is 0 Å². The lowest BCUT2D eigenvalue weighted by molar-refractivity contribution is 0.970. The molecule has 0 spiro atoms. The van der Waals surface area contributed by atoms with Crippen molar-refractivity contribution in [2.45, 2.75) is 22.7 Å². The van der Waals surface area contributed by atoms with Crippen molar-refractivity contribution in [3.63, 3.8) is 0 Å². The number of thiophene rings is 1. The van der Waals surface area contributed by atoms with E-state index >= 15 is 0 Å². The Labute approximate surface area is 129 Å². The molecule has 0 atom stereocenters. The van der Waals surface area contributed by atoms with E-state index in [0.29, 0.717) is 0 Å². The summed E-state index contributed by atoms with van der Waals surface area (Å²) in [5.74, 6) is 0. The summed E-state index contributed by atoms with van der Waals surface area (Å²) in [4.78, 5) is 13.0. The molecule has 0 unspecified atom stereocenters. The molecule has 3 rings (SSSR count). The van der Waals surface area contributed by atoms with Gasteiger partial charge in [0.2, 0.25) is 5.13 Å². The average Bonchev–Trinajstić information content (AvgIpc) is 3.05. The van der Waals surface area contributed by atoms with Gasteiger partial charge in [-0.05, 0) is 24.2 Å². The van der Waals surface area contributed by atoms with Crippen LogP contribution in [-0.2, 0) is 6.42 Å². The largest absolute Gasteiger partial charge is 0.353 e. The van der Waals surface area contributed by atoms with Crippen molar-refractivity contribution in [1.29, 1.82) is 0 Å². The van der Waals surface area contributed by atoms with E-state index in [4.69, 9.17) is 0 Å². The van der Waals surface area contributed by atoms with Gasteiger partial charge in [0.1, 0.15) is 16.2 Å². The van der Waals surface area contributed by atoms with Gasteiger partial charge in [0.25, 0.3) is 0 Å². The first-order valence-corrected chi connectivity index (χ1v) is 8.54. The maximum atomic E-state index is 4.39. The first kappa shape index (κ1) is 13.7. The van der Waals surface area contributed by atoms with Gasteiger partial charge in [0, 0.05) is 24.4 Å². The van der Waals surface area contributed by atoms with Crippen LogP contribution in [0.15, 0.2) is 21.8 Å². The smallest absolute Gasteiger partial charge is 0.208 e. The highest BCUT2D eigenvalue weighted by molar-refractivity contribution is 8.01. The van der Waals surface area contributed by atoms with Crippen LogP contribution < -0.4 is 4.90 Å². The van der Waals surface area contributed by atoms with Gasteiger partial charge in [-0.15, -0.1) is 21.5 Å². The second kappa shape index (κ2) is 5.63. The Morgan fingerprint density at radius 3 is 2.75 bits per heavy atom. The first-order valence-electron chi connectivity index (χ1n) is 6.09. The highest BCUT2D eigenvalue weighted by Crippen LogP contribution is 2.37. The summed E-state index contributed by atoms with van der Waals surface area (Å²) in [6, 6.07) is 2.18. The predicted molar refractivity (Wildman–Crippen MR) is 85.2 cm³/mol. The Morgan fingerprint density at radius 2 is 2.05 bits per heavy atom. The first-order chi connectivity index (χ1) is 9.67. The van der Waals surface area contributed by atoms with Crippen LogP contribution in [0.2, 0.25) is 0 Å². The quantitative estimate of drug-likeness (QED) is 0.687. The number of aromatic nitrogens is 4. The molecule has 8 heteroatoms. The zero-order valence-corrected chi connectivity index (χ0v) is 13.8. The molecule has 0 bridgehead atoms. The van der Waals surface area contributed by atoms with Crippen LogP contribution in [0.25, 0.3) is 10.2 Å². The highest BCUT2D eigenvalue weighted by atomic mass is 32.2. The molecule has 0 saturated carbocycles. The van der Waals surface area contributed by atoms with E-state index in [1.165, 1.54) is 4.88 Å². The second-order valence-corrected chi connectivity index (χ2v) is 7.62. The zero-order valence-electron chi connectivity index (χ0n) is 11.3. The standard InChI is InChI=1S/C12H13N5S3/c1-4-7-5-8-9(18-7)13-6-14-10(8)19-12-16-15-11(20-12)17(2)3/h5-6H,4H2,1-3H3. The number of anilines is 1. The average molecular weight is 323 g/mol. The molecule has 0 fully saturated rings. The van der Waals surface area contributed by atoms with Crippen LogP contribution in [0, 0.1) is 0 Å². The topological polar surface area (TPSA) is 54.8 Å². The van der Waals surface area contributed by atoms with Crippen molar-refractivity contribution in [2.75, 3.05) is 19.0 Å². The Hall–Kier alpha value is -1.25. The van der Waals surface area contributed by atoms with Crippen LogP contribution >= 0.6 is 34.4 Å². The van der Waals surface area contributed by atoms with E-state index in [-0.39, 0.29) is 0 Å². The van der Waals surface area contributed by atoms with E-state index in [9.17, 15) is 0 Å². The maximum absolute atomic E-state index is 4.39. The normalized spacial score (nSPS) is 11.2. The monoisotopic (exact) mass is 323 g/mol. The van der Waals surface area contributed by atoms with Crippen LogP contribution in [0.1, 0.15) is 11.8 Å². The van der Waals surface area contributed by atoms with Crippen molar-refractivity contribution in [2.24, 2.45) is 0 Å². The molecule has 3 aromatic rings. The van der Waals surface area contributed by atoms with Gasteiger partial charge in [-0.2, -0.15) is 0 Å². The zero-order chi connectivity index (χ0) is 14.1. The van der Waals surface area contributed by atoms with Crippen LogP contribution in [0.5, 0.6) is 0 Å². The van der Waals surface area contributed by atoms with E-state index in [1.54, 1.807) is 40.8 Å². The molecule has 0 aliphatic rings. The summed E-state index contributed by atoms with van der Waals surface area (Å²) in [7, 11) is 3.93. The molecule has 0 aliphatic carbocycles. The molecule has 0 aliphatic heterocycles. The lowest BCUT2D eigenvalue weighted by atomic mass is 10.3. The van der Waals surface area contributed by atoms with Crippen LogP contribution in [0.3, 0.4) is 0 Å². The Kier molecular flexibility index (Phi) is 3.86. The molecular formula is C12H13N5S3. The number of hydrogen-bond acceptors (Lipinski definition) is 8. The van der Waals surface area contributed by atoms with Gasteiger partial charge in [-0.25, -0.2) is 9.97 Å². The molecule has 5 nitrogen and oxygen atoms in total. The van der Waals surface area contributed by atoms with Gasteiger partial charge < -0.3 is 4.90 Å². The number of aryl methyl sites for hydroxylation is 1. The van der Waals surface area contributed by atoms with E-state index < -0.39 is 0 Å². The summed E-state index contributed by atoms with van der Waals surface area (Å²) >= 11 is 4.85. The molecule has 0 aromatic carbocycles. The lowest BCUT2D eigenvalue weighted by Gasteiger charge is -2.03. The molecule has 0 saturated heterocycles. The van der Waals surface area contributed by atoms with Gasteiger partial charge in [-0.3, -0.25) is 0 Å². The molecule has 0 radical (unpaired) electrons. The fraction of sp³-hybridized carbons (Fsp3) is 0.333. The van der Waals surface area contributed by atoms with Crippen molar-refractivity contribution >= 4 is 49.8 Å². The third-order valence-corrected chi connectivity index (χ3v) is 6.00. The molecule has 0 N–H and O–H groups in total. The number of rotatable bonds is 4. The van der Waals surface area contributed by atoms with Gasteiger partial charge in [0.15, 0.2) is 4.34 Å². The summed E-state index contributed by atoms with van der Waals surface area (Å²) in [6.07, 6.45) is 2.64. The number of fused-ring (bicyclic) bond motifs is 1. The fourth-order valence-corrected chi connectivity index (χ4v) is 4.39. The summed E-state index contributed by atoms with van der Waals surface area (Å²) < 4.78 is 0.901. The van der Waals surface area contributed by atoms with Gasteiger partial charge in [-0.1, -0.05) is 18.3 Å². The Bertz CT molecular complexity index is 734. The molecule has 20 heavy (non-hydrogen) atoms. The molecular weight excluding hydrogens is 310 g/mol. The van der Waals surface area contributed by atoms with Crippen LogP contribution in [0.4, 0.5) is 5.13 Å². The van der Waals surface area contributed by atoms with E-state index in [0.717, 1.165) is 31.1 Å². The van der Waals surface area contributed by atoms with E-state index in [2.05, 4.69) is 33.2 Å². The maximum Gasteiger partial charge on any atom is 0.208 e. The fourth-order valence-electron chi connectivity index (χ4n) is 1.65. The lowest BCUT2D eigenvalue weighted by Crippen LogP contribution is -2.07. The molecule has 0 amide bonds.